The Kier molecular flexibility index (Phi) is 15.3. The normalized spacial score (nSPS) is 13.4. The van der Waals surface area contributed by atoms with Crippen LogP contribution in [-0.2, 0) is 20.0 Å². The number of sulfonamides is 2. The van der Waals surface area contributed by atoms with E-state index in [-0.39, 0.29) is 9.79 Å². The largest absolute Gasteiger partial charge is 0.343 e. The zero-order valence-electron chi connectivity index (χ0n) is 37.8. The smallest absolute Gasteiger partial charge is 0.252 e. The van der Waals surface area contributed by atoms with Crippen molar-refractivity contribution in [2.45, 2.75) is 57.6 Å². The van der Waals surface area contributed by atoms with E-state index in [4.69, 9.17) is 0 Å². The lowest BCUT2D eigenvalue weighted by molar-refractivity contribution is 0.0918. The molecule has 0 unspecified atom stereocenters. The number of nitrogens with one attached hydrogen (secondary N) is 4. The van der Waals surface area contributed by atoms with Crippen molar-refractivity contribution >= 4 is 43.6 Å². The van der Waals surface area contributed by atoms with Crippen molar-refractivity contribution in [1.29, 1.82) is 0 Å². The molecule has 0 saturated heterocycles. The van der Waals surface area contributed by atoms with Crippen LogP contribution in [0.1, 0.15) is 78.3 Å². The summed E-state index contributed by atoms with van der Waals surface area (Å²) in [5.41, 5.74) is 5.02. The van der Waals surface area contributed by atoms with Gasteiger partial charge in [-0.15, -0.1) is 0 Å². The topological polar surface area (TPSA) is 151 Å². The minimum atomic E-state index is -4.09. The number of aryl methyl sites for hydroxylation is 2. The van der Waals surface area contributed by atoms with E-state index < -0.39 is 56.0 Å². The van der Waals surface area contributed by atoms with Crippen molar-refractivity contribution in [2.24, 2.45) is 0 Å². The van der Waals surface area contributed by atoms with Gasteiger partial charge in [-0.1, -0.05) is 193 Å². The molecule has 0 aliphatic heterocycles. The van der Waals surface area contributed by atoms with Crippen LogP contribution in [0.4, 0.5) is 0 Å². The third kappa shape index (κ3) is 11.9. The lowest BCUT2D eigenvalue weighted by atomic mass is 9.93. The summed E-state index contributed by atoms with van der Waals surface area (Å²) < 4.78 is 62.1. The summed E-state index contributed by atoms with van der Waals surface area (Å²) in [5.74, 6) is -0.944. The molecule has 0 heterocycles. The van der Waals surface area contributed by atoms with Gasteiger partial charge in [0.1, 0.15) is 0 Å². The van der Waals surface area contributed by atoms with Gasteiger partial charge in [-0.25, -0.2) is 26.3 Å². The fourth-order valence-electron chi connectivity index (χ4n) is 7.96. The Balaban J connectivity index is 1.11. The van der Waals surface area contributed by atoms with Crippen molar-refractivity contribution in [3.63, 3.8) is 0 Å². The van der Waals surface area contributed by atoms with Crippen molar-refractivity contribution in [3.8, 4) is 0 Å². The van der Waals surface area contributed by atoms with Crippen LogP contribution in [-0.4, -0.2) is 28.6 Å². The Hall–Kier alpha value is -7.13. The van der Waals surface area contributed by atoms with Crippen LogP contribution in [0.5, 0.6) is 0 Å². The fraction of sp³-hybridized carbons (Fsp3) is 0.107. The highest BCUT2D eigenvalue weighted by molar-refractivity contribution is 7.99. The molecular weight excluding hydrogens is 921 g/mol. The second kappa shape index (κ2) is 21.9. The lowest BCUT2D eigenvalue weighted by Crippen LogP contribution is -2.41. The predicted molar refractivity (Wildman–Crippen MR) is 272 cm³/mol. The van der Waals surface area contributed by atoms with E-state index >= 15 is 0 Å². The van der Waals surface area contributed by atoms with Crippen molar-refractivity contribution in [1.82, 2.24) is 20.1 Å². The van der Waals surface area contributed by atoms with Crippen LogP contribution in [0.25, 0.3) is 0 Å². The van der Waals surface area contributed by atoms with Gasteiger partial charge in [0.2, 0.25) is 20.0 Å². The van der Waals surface area contributed by atoms with E-state index in [1.807, 2.05) is 135 Å². The molecule has 0 aromatic heterocycles. The molecule has 0 radical (unpaired) electrons. The van der Waals surface area contributed by atoms with Gasteiger partial charge in [0.05, 0.1) is 45.1 Å². The zero-order valence-corrected chi connectivity index (χ0v) is 40.2. The summed E-state index contributed by atoms with van der Waals surface area (Å²) in [4.78, 5) is 30.8. The molecule has 13 heteroatoms. The summed E-state index contributed by atoms with van der Waals surface area (Å²) in [5, 5.41) is 6.37. The van der Waals surface area contributed by atoms with Crippen LogP contribution in [0.2, 0.25) is 0 Å². The Morgan fingerprint density at radius 1 is 0.362 bits per heavy atom. The second-order valence-corrected chi connectivity index (χ2v) is 21.0. The minimum Gasteiger partial charge on any atom is -0.343 e. The number of amides is 2. The summed E-state index contributed by atoms with van der Waals surface area (Å²) in [6.45, 7) is 3.76. The lowest BCUT2D eigenvalue weighted by Gasteiger charge is -2.30. The van der Waals surface area contributed by atoms with Crippen molar-refractivity contribution in [2.75, 3.05) is 0 Å². The highest BCUT2D eigenvalue weighted by atomic mass is 32.2. The molecule has 4 N–H and O–H groups in total. The van der Waals surface area contributed by atoms with E-state index in [1.165, 1.54) is 11.8 Å². The van der Waals surface area contributed by atoms with Crippen molar-refractivity contribution < 1.29 is 26.4 Å². The van der Waals surface area contributed by atoms with Crippen LogP contribution in [0.15, 0.2) is 238 Å². The van der Waals surface area contributed by atoms with E-state index in [9.17, 15) is 26.4 Å². The molecule has 8 aromatic carbocycles. The van der Waals surface area contributed by atoms with Crippen LogP contribution >= 0.6 is 11.8 Å². The number of hydrogen-bond acceptors (Lipinski definition) is 7. The molecule has 0 fully saturated rings. The first-order valence-corrected chi connectivity index (χ1v) is 26.0. The van der Waals surface area contributed by atoms with Gasteiger partial charge >= 0.3 is 0 Å². The van der Waals surface area contributed by atoms with Gasteiger partial charge in [0.15, 0.2) is 0 Å². The Labute approximate surface area is 408 Å². The number of hydrogen-bond donors (Lipinski definition) is 4. The van der Waals surface area contributed by atoms with Gasteiger partial charge in [0.25, 0.3) is 11.8 Å². The third-order valence-corrected chi connectivity index (χ3v) is 15.7. The number of carbonyl (C=O) groups is 2. The molecule has 0 aliphatic rings. The number of rotatable bonds is 18. The molecule has 0 spiro atoms. The molecule has 348 valence electrons. The average molecular weight is 971 g/mol. The first-order valence-electron chi connectivity index (χ1n) is 22.2. The molecule has 0 saturated carbocycles. The van der Waals surface area contributed by atoms with Gasteiger partial charge < -0.3 is 10.6 Å². The van der Waals surface area contributed by atoms with Gasteiger partial charge in [-0.3, -0.25) is 9.59 Å². The summed E-state index contributed by atoms with van der Waals surface area (Å²) in [7, 11) is -8.18. The van der Waals surface area contributed by atoms with Gasteiger partial charge in [0, 0.05) is 9.79 Å². The van der Waals surface area contributed by atoms with Crippen LogP contribution in [0.3, 0.4) is 0 Å². The summed E-state index contributed by atoms with van der Waals surface area (Å²) in [6.07, 6.45) is 0. The van der Waals surface area contributed by atoms with E-state index in [0.29, 0.717) is 43.2 Å². The Morgan fingerprint density at radius 2 is 0.638 bits per heavy atom. The first-order chi connectivity index (χ1) is 33.4. The first kappa shape index (κ1) is 48.3. The molecule has 8 rings (SSSR count). The van der Waals surface area contributed by atoms with Crippen LogP contribution < -0.4 is 20.1 Å². The molecule has 4 atom stereocenters. The van der Waals surface area contributed by atoms with E-state index in [2.05, 4.69) is 20.1 Å². The summed E-state index contributed by atoms with van der Waals surface area (Å²) in [6, 6.07) is 60.2. The van der Waals surface area contributed by atoms with Gasteiger partial charge in [-0.05, 0) is 84.6 Å². The molecule has 2 amide bonds. The quantitative estimate of drug-likeness (QED) is 0.0668. The molecule has 8 aromatic rings. The zero-order chi connectivity index (χ0) is 48.4. The SMILES string of the molecule is Cc1ccc(S(=O)(=O)N[C@@H](c2ccccc2)[C@@H](NC(=O)c2ccccc2Sc2ccccc2C(=O)N[C@@H](c2ccccc2)[C@@H](NS(=O)(=O)c2ccc(C)cc2)c2ccccc2)c2ccccc2)cc1. The van der Waals surface area contributed by atoms with Crippen LogP contribution in [0, 0.1) is 13.8 Å². The van der Waals surface area contributed by atoms with E-state index in [1.54, 1.807) is 97.1 Å². The Bertz CT molecular complexity index is 3020. The average Bonchev–Trinajstić information content (AvgIpc) is 3.37. The maximum atomic E-state index is 14.8. The van der Waals surface area contributed by atoms with Crippen molar-refractivity contribution in [3.05, 3.63) is 263 Å². The molecule has 69 heavy (non-hydrogen) atoms. The van der Waals surface area contributed by atoms with Gasteiger partial charge in [-0.2, -0.15) is 0 Å². The minimum absolute atomic E-state index is 0.0887. The highest BCUT2D eigenvalue weighted by Gasteiger charge is 2.34. The molecule has 0 aliphatic carbocycles. The maximum absolute atomic E-state index is 14.8. The number of benzene rings is 8. The monoisotopic (exact) mass is 970 g/mol. The molecule has 10 nitrogen and oxygen atoms in total. The maximum Gasteiger partial charge on any atom is 0.252 e. The summed E-state index contributed by atoms with van der Waals surface area (Å²) >= 11 is 1.22. The second-order valence-electron chi connectivity index (χ2n) is 16.5. The molecule has 0 bridgehead atoms. The number of carbonyl (C=O) groups excluding carboxylic acids is 2. The molecular formula is C56H50N4O6S3. The Morgan fingerprint density at radius 3 is 0.957 bits per heavy atom. The fourth-order valence-corrected chi connectivity index (χ4v) is 11.5. The third-order valence-electron chi connectivity index (χ3n) is 11.6. The predicted octanol–water partition coefficient (Wildman–Crippen LogP) is 10.8. The van der Waals surface area contributed by atoms with E-state index in [0.717, 1.165) is 11.1 Å². The standard InChI is InChI=1S/C56H50N4O6S3/c1-39-31-35-45(36-32-39)68(63,64)59-53(43-23-11-5-12-24-43)51(41-19-7-3-8-20-41)57-55(61)47-27-15-17-29-49(47)67-50-30-18-16-28-48(50)56(62)58-52(42-21-9-4-10-22-42)54(44-25-13-6-14-26-44)60-69(65,66)46-37-33-40(2)34-38-46/h3-38,51-54,59-60H,1-2H3,(H,57,61)(H,58,62)/t51-,52-,53-,54-/m0/s1. The highest BCUT2D eigenvalue weighted by Crippen LogP contribution is 2.37.